The maximum absolute atomic E-state index is 13.3. The van der Waals surface area contributed by atoms with Crippen molar-refractivity contribution in [1.29, 1.82) is 0 Å². The summed E-state index contributed by atoms with van der Waals surface area (Å²) in [5.41, 5.74) is 1.03. The first-order valence-corrected chi connectivity index (χ1v) is 10.7. The molecule has 6 heteroatoms. The Morgan fingerprint density at radius 2 is 1.86 bits per heavy atom. The summed E-state index contributed by atoms with van der Waals surface area (Å²) in [6.07, 6.45) is 1.13. The highest BCUT2D eigenvalue weighted by Gasteiger charge is 2.59. The van der Waals surface area contributed by atoms with Crippen LogP contribution in [0.2, 0.25) is 0 Å². The molecule has 3 atom stereocenters. The van der Waals surface area contributed by atoms with Crippen LogP contribution in [0.3, 0.4) is 0 Å². The molecule has 0 bridgehead atoms. The van der Waals surface area contributed by atoms with Crippen molar-refractivity contribution in [2.45, 2.75) is 53.8 Å². The molecule has 1 fully saturated rings. The van der Waals surface area contributed by atoms with E-state index in [0.29, 0.717) is 6.42 Å². The van der Waals surface area contributed by atoms with E-state index >= 15 is 0 Å². The summed E-state index contributed by atoms with van der Waals surface area (Å²) in [5.74, 6) is -0.360. The number of amides is 1. The molecule has 1 amide bonds. The lowest BCUT2D eigenvalue weighted by Crippen LogP contribution is -2.48. The molecule has 2 aliphatic heterocycles. The van der Waals surface area contributed by atoms with Crippen molar-refractivity contribution in [3.63, 3.8) is 0 Å². The normalized spacial score (nSPS) is 25.7. The number of nitrogens with one attached hydrogen (secondary N) is 2. The third-order valence-corrected chi connectivity index (χ3v) is 7.13. The fourth-order valence-corrected chi connectivity index (χ4v) is 5.84. The number of hydrogen-bond acceptors (Lipinski definition) is 5. The lowest BCUT2D eigenvalue weighted by atomic mass is 9.72. The molecule has 0 saturated carbocycles. The third kappa shape index (κ3) is 3.55. The smallest absolute Gasteiger partial charge is 0.322 e. The standard InChI is InChI=1S/C23H26N2O3S/c1-22(2,29-15-9-5-4-6-10-15)14-19-23(13-18(24-19)20(26)28-3)16-11-7-8-12-17(16)25-21(23)27/h4-12,18-19,24H,13-14H2,1-3H3,(H,25,27)/t18-,19-,23-/m0/s1. The Bertz CT molecular complexity index is 931. The van der Waals surface area contributed by atoms with E-state index in [-0.39, 0.29) is 22.7 Å². The van der Waals surface area contributed by atoms with Gasteiger partial charge in [0.1, 0.15) is 6.04 Å². The number of ether oxygens (including phenoxy) is 1. The third-order valence-electron chi connectivity index (χ3n) is 5.90. The average molecular weight is 411 g/mol. The summed E-state index contributed by atoms with van der Waals surface area (Å²) in [4.78, 5) is 26.8. The van der Waals surface area contributed by atoms with Gasteiger partial charge < -0.3 is 15.4 Å². The average Bonchev–Trinajstić information content (AvgIpc) is 3.20. The number of carbonyl (C=O) groups excluding carboxylic acids is 2. The Kier molecular flexibility index (Phi) is 5.17. The molecule has 1 saturated heterocycles. The van der Waals surface area contributed by atoms with Gasteiger partial charge in [-0.2, -0.15) is 0 Å². The van der Waals surface area contributed by atoms with Crippen LogP contribution < -0.4 is 10.6 Å². The topological polar surface area (TPSA) is 67.4 Å². The fourth-order valence-electron chi connectivity index (χ4n) is 4.66. The molecule has 2 aromatic rings. The summed E-state index contributed by atoms with van der Waals surface area (Å²) in [6, 6.07) is 17.4. The van der Waals surface area contributed by atoms with Crippen LogP contribution >= 0.6 is 11.8 Å². The summed E-state index contributed by atoms with van der Waals surface area (Å²) in [5, 5.41) is 6.47. The van der Waals surface area contributed by atoms with E-state index in [9.17, 15) is 9.59 Å². The van der Waals surface area contributed by atoms with Gasteiger partial charge in [0.2, 0.25) is 5.91 Å². The van der Waals surface area contributed by atoms with Gasteiger partial charge in [-0.1, -0.05) is 50.2 Å². The van der Waals surface area contributed by atoms with E-state index < -0.39 is 11.5 Å². The zero-order valence-electron chi connectivity index (χ0n) is 16.9. The minimum atomic E-state index is -0.774. The van der Waals surface area contributed by atoms with Crippen LogP contribution in [0.15, 0.2) is 59.5 Å². The van der Waals surface area contributed by atoms with Gasteiger partial charge in [-0.15, -0.1) is 11.8 Å². The number of benzene rings is 2. The van der Waals surface area contributed by atoms with Crippen molar-refractivity contribution < 1.29 is 14.3 Å². The number of carbonyl (C=O) groups is 2. The Hall–Kier alpha value is -2.31. The van der Waals surface area contributed by atoms with Crippen molar-refractivity contribution >= 4 is 29.3 Å². The Morgan fingerprint density at radius 3 is 2.59 bits per heavy atom. The van der Waals surface area contributed by atoms with Crippen LogP contribution in [0, 0.1) is 0 Å². The Labute approximate surface area is 175 Å². The summed E-state index contributed by atoms with van der Waals surface area (Å²) in [6.45, 7) is 4.37. The largest absolute Gasteiger partial charge is 0.468 e. The van der Waals surface area contributed by atoms with Gasteiger partial charge in [0, 0.05) is 21.4 Å². The molecule has 152 valence electrons. The number of thioether (sulfide) groups is 1. The van der Waals surface area contributed by atoms with Gasteiger partial charge in [0.05, 0.1) is 12.5 Å². The molecular formula is C23H26N2O3S. The van der Waals surface area contributed by atoms with Gasteiger partial charge in [-0.25, -0.2) is 0 Å². The molecule has 0 unspecified atom stereocenters. The van der Waals surface area contributed by atoms with Crippen LogP contribution in [-0.4, -0.2) is 35.8 Å². The Morgan fingerprint density at radius 1 is 1.17 bits per heavy atom. The predicted octanol–water partition coefficient (Wildman–Crippen LogP) is 3.74. The van der Waals surface area contributed by atoms with E-state index in [2.05, 4.69) is 36.6 Å². The molecule has 2 aromatic carbocycles. The van der Waals surface area contributed by atoms with Crippen LogP contribution in [0.25, 0.3) is 0 Å². The highest BCUT2D eigenvalue weighted by molar-refractivity contribution is 8.00. The van der Waals surface area contributed by atoms with E-state index in [0.717, 1.165) is 17.7 Å². The molecule has 4 rings (SSSR count). The number of anilines is 1. The number of hydrogen-bond donors (Lipinski definition) is 2. The molecule has 0 aliphatic carbocycles. The van der Waals surface area contributed by atoms with Crippen LogP contribution in [0.1, 0.15) is 32.3 Å². The van der Waals surface area contributed by atoms with Gasteiger partial charge in [-0.3, -0.25) is 9.59 Å². The molecule has 2 heterocycles. The second-order valence-corrected chi connectivity index (χ2v) is 10.1. The molecule has 5 nitrogen and oxygen atoms in total. The van der Waals surface area contributed by atoms with Gasteiger partial charge in [0.25, 0.3) is 0 Å². The number of esters is 1. The molecule has 0 radical (unpaired) electrons. The molecule has 1 spiro atoms. The first-order chi connectivity index (χ1) is 13.9. The van der Waals surface area contributed by atoms with Crippen LogP contribution in [-0.2, 0) is 19.7 Å². The van der Waals surface area contributed by atoms with E-state index in [1.54, 1.807) is 11.8 Å². The van der Waals surface area contributed by atoms with Crippen LogP contribution in [0.5, 0.6) is 0 Å². The van der Waals surface area contributed by atoms with E-state index in [4.69, 9.17) is 4.74 Å². The monoisotopic (exact) mass is 410 g/mol. The van der Waals surface area contributed by atoms with Gasteiger partial charge in [0.15, 0.2) is 0 Å². The minimum absolute atomic E-state index is 0.0388. The first-order valence-electron chi connectivity index (χ1n) is 9.85. The van der Waals surface area contributed by atoms with Gasteiger partial charge >= 0.3 is 5.97 Å². The maximum Gasteiger partial charge on any atom is 0.322 e. The van der Waals surface area contributed by atoms with E-state index in [1.165, 1.54) is 12.0 Å². The predicted molar refractivity (Wildman–Crippen MR) is 115 cm³/mol. The van der Waals surface area contributed by atoms with E-state index in [1.807, 2.05) is 42.5 Å². The SMILES string of the molecule is COC(=O)[C@@H]1C[C@@]2(C(=O)Nc3ccccc32)[C@H](CC(C)(C)Sc2ccccc2)N1. The molecule has 0 aromatic heterocycles. The highest BCUT2D eigenvalue weighted by atomic mass is 32.2. The quantitative estimate of drug-likeness (QED) is 0.581. The number of rotatable bonds is 5. The lowest BCUT2D eigenvalue weighted by Gasteiger charge is -2.35. The van der Waals surface area contributed by atoms with Crippen molar-refractivity contribution in [2.75, 3.05) is 12.4 Å². The first kappa shape index (κ1) is 20.0. The maximum atomic E-state index is 13.3. The van der Waals surface area contributed by atoms with Crippen molar-refractivity contribution in [3.05, 3.63) is 60.2 Å². The van der Waals surface area contributed by atoms with Crippen molar-refractivity contribution in [3.8, 4) is 0 Å². The van der Waals surface area contributed by atoms with Crippen molar-refractivity contribution in [1.82, 2.24) is 5.32 Å². The molecular weight excluding hydrogens is 384 g/mol. The molecule has 2 aliphatic rings. The lowest BCUT2D eigenvalue weighted by molar-refractivity contribution is -0.142. The fraction of sp³-hybridized carbons (Fsp3) is 0.391. The zero-order chi connectivity index (χ0) is 20.6. The highest BCUT2D eigenvalue weighted by Crippen LogP contribution is 2.50. The minimum Gasteiger partial charge on any atom is -0.468 e. The Balaban J connectivity index is 1.68. The number of para-hydroxylation sites is 1. The molecule has 2 N–H and O–H groups in total. The second-order valence-electron chi connectivity index (χ2n) is 8.35. The van der Waals surface area contributed by atoms with Gasteiger partial charge in [-0.05, 0) is 36.6 Å². The summed E-state index contributed by atoms with van der Waals surface area (Å²) in [7, 11) is 1.39. The summed E-state index contributed by atoms with van der Waals surface area (Å²) < 4.78 is 4.85. The summed E-state index contributed by atoms with van der Waals surface area (Å²) >= 11 is 1.78. The molecule has 29 heavy (non-hydrogen) atoms. The van der Waals surface area contributed by atoms with Crippen LogP contribution in [0.4, 0.5) is 5.69 Å². The zero-order valence-corrected chi connectivity index (χ0v) is 17.7. The number of fused-ring (bicyclic) bond motifs is 2. The van der Waals surface area contributed by atoms with Crippen molar-refractivity contribution in [2.24, 2.45) is 0 Å². The number of methoxy groups -OCH3 is 1. The second kappa shape index (κ2) is 7.50.